The lowest BCUT2D eigenvalue weighted by atomic mass is 10.2. The average Bonchev–Trinajstić information content (AvgIpc) is 2.65. The molecule has 0 aromatic heterocycles. The Bertz CT molecular complexity index is 857. The van der Waals surface area contributed by atoms with E-state index in [2.05, 4.69) is 10.6 Å². The molecule has 4 amide bonds. The number of anilines is 2. The van der Waals surface area contributed by atoms with Crippen LogP contribution in [0, 0.1) is 6.92 Å². The SMILES string of the molecule is CN(C)C(=O)Nc1ccc(CN)c(Cl)c1.Cc1ccc(NC(=O)N(C)C)cc1Cl. The lowest BCUT2D eigenvalue weighted by molar-refractivity contribution is 0.230. The molecule has 0 aliphatic rings. The van der Waals surface area contributed by atoms with E-state index in [9.17, 15) is 9.59 Å². The number of aryl methyl sites for hydroxylation is 1. The summed E-state index contributed by atoms with van der Waals surface area (Å²) in [5.41, 5.74) is 8.70. The molecule has 4 N–H and O–H groups in total. The fourth-order valence-electron chi connectivity index (χ4n) is 1.93. The van der Waals surface area contributed by atoms with Gasteiger partial charge in [0.05, 0.1) is 0 Å². The summed E-state index contributed by atoms with van der Waals surface area (Å²) in [6.45, 7) is 2.31. The van der Waals surface area contributed by atoms with Crippen LogP contribution in [0.4, 0.5) is 21.0 Å². The van der Waals surface area contributed by atoms with Crippen molar-refractivity contribution in [3.8, 4) is 0 Å². The van der Waals surface area contributed by atoms with E-state index in [1.54, 1.807) is 52.5 Å². The number of carbonyl (C=O) groups excluding carboxylic acids is 2. The van der Waals surface area contributed by atoms with Gasteiger partial charge in [-0.15, -0.1) is 0 Å². The van der Waals surface area contributed by atoms with Crippen molar-refractivity contribution < 1.29 is 9.59 Å². The van der Waals surface area contributed by atoms with E-state index >= 15 is 0 Å². The third-order valence-corrected chi connectivity index (χ3v) is 4.52. The van der Waals surface area contributed by atoms with Crippen LogP contribution in [0.15, 0.2) is 36.4 Å². The zero-order valence-electron chi connectivity index (χ0n) is 17.2. The summed E-state index contributed by atoms with van der Waals surface area (Å²) >= 11 is 11.9. The molecule has 2 aromatic carbocycles. The highest BCUT2D eigenvalue weighted by Crippen LogP contribution is 2.21. The van der Waals surface area contributed by atoms with E-state index in [0.717, 1.165) is 11.1 Å². The number of nitrogens with two attached hydrogens (primary N) is 1. The number of hydrogen-bond donors (Lipinski definition) is 3. The number of carbonyl (C=O) groups is 2. The predicted molar refractivity (Wildman–Crippen MR) is 121 cm³/mol. The minimum absolute atomic E-state index is 0.162. The van der Waals surface area contributed by atoms with Gasteiger partial charge in [0.2, 0.25) is 0 Å². The molecule has 2 aromatic rings. The first-order chi connectivity index (χ1) is 13.5. The molecule has 0 spiro atoms. The minimum Gasteiger partial charge on any atom is -0.331 e. The van der Waals surface area contributed by atoms with Crippen molar-refractivity contribution in [2.75, 3.05) is 38.8 Å². The zero-order chi connectivity index (χ0) is 22.1. The Morgan fingerprint density at radius 2 is 1.31 bits per heavy atom. The van der Waals surface area contributed by atoms with Gasteiger partial charge in [0, 0.05) is 56.2 Å². The molecule has 0 unspecified atom stereocenters. The molecule has 9 heteroatoms. The van der Waals surface area contributed by atoms with Crippen LogP contribution in [0.3, 0.4) is 0 Å². The van der Waals surface area contributed by atoms with Crippen molar-refractivity contribution in [1.82, 2.24) is 9.80 Å². The highest BCUT2D eigenvalue weighted by atomic mass is 35.5. The second-order valence-corrected chi connectivity index (χ2v) is 7.44. The number of amides is 4. The van der Waals surface area contributed by atoms with Crippen LogP contribution < -0.4 is 16.4 Å². The molecule has 0 bridgehead atoms. The van der Waals surface area contributed by atoms with Crippen LogP contribution >= 0.6 is 23.2 Å². The van der Waals surface area contributed by atoms with Crippen LogP contribution in [-0.2, 0) is 6.54 Å². The number of nitrogens with zero attached hydrogens (tertiary/aromatic N) is 2. The smallest absolute Gasteiger partial charge is 0.321 e. The maximum absolute atomic E-state index is 11.3. The average molecular weight is 440 g/mol. The predicted octanol–water partition coefficient (Wildman–Crippen LogP) is 4.63. The zero-order valence-corrected chi connectivity index (χ0v) is 18.7. The topological polar surface area (TPSA) is 90.7 Å². The summed E-state index contributed by atoms with van der Waals surface area (Å²) in [6.07, 6.45) is 0. The second-order valence-electron chi connectivity index (χ2n) is 6.62. The minimum atomic E-state index is -0.188. The quantitative estimate of drug-likeness (QED) is 0.650. The van der Waals surface area contributed by atoms with Crippen LogP contribution in [0.25, 0.3) is 0 Å². The molecule has 0 radical (unpaired) electrons. The number of hydrogen-bond acceptors (Lipinski definition) is 3. The van der Waals surface area contributed by atoms with E-state index in [1.807, 2.05) is 19.1 Å². The molecule has 2 rings (SSSR count). The van der Waals surface area contributed by atoms with E-state index in [4.69, 9.17) is 28.9 Å². The molecular weight excluding hydrogens is 413 g/mol. The van der Waals surface area contributed by atoms with E-state index in [-0.39, 0.29) is 12.1 Å². The van der Waals surface area contributed by atoms with Crippen molar-refractivity contribution in [3.05, 3.63) is 57.6 Å². The summed E-state index contributed by atoms with van der Waals surface area (Å²) in [5.74, 6) is 0. The molecule has 0 saturated carbocycles. The first-order valence-corrected chi connectivity index (χ1v) is 9.52. The lowest BCUT2D eigenvalue weighted by Gasteiger charge is -2.12. The van der Waals surface area contributed by atoms with Crippen molar-refractivity contribution >= 4 is 46.6 Å². The first kappa shape index (κ1) is 24.6. The van der Waals surface area contributed by atoms with E-state index < -0.39 is 0 Å². The molecule has 0 heterocycles. The monoisotopic (exact) mass is 439 g/mol. The Balaban J connectivity index is 0.000000291. The third-order valence-electron chi connectivity index (χ3n) is 3.76. The summed E-state index contributed by atoms with van der Waals surface area (Å²) in [6, 6.07) is 10.3. The molecular formula is C20H27Cl2N5O2. The first-order valence-electron chi connectivity index (χ1n) is 8.76. The molecule has 0 saturated heterocycles. The lowest BCUT2D eigenvalue weighted by Crippen LogP contribution is -2.27. The standard InChI is InChI=1S/C10H14ClN3O.C10H13ClN2O/c1-14(2)10(15)13-8-4-3-7(6-12)9(11)5-8;1-7-4-5-8(6-9(7)11)12-10(14)13(2)3/h3-5H,6,12H2,1-2H3,(H,13,15);4-6H,1-3H3,(H,12,14). The van der Waals surface area contributed by atoms with Gasteiger partial charge < -0.3 is 26.2 Å². The van der Waals surface area contributed by atoms with Gasteiger partial charge in [-0.2, -0.15) is 0 Å². The van der Waals surface area contributed by atoms with E-state index in [1.165, 1.54) is 9.80 Å². The molecule has 29 heavy (non-hydrogen) atoms. The van der Waals surface area contributed by atoms with Crippen LogP contribution in [-0.4, -0.2) is 50.1 Å². The van der Waals surface area contributed by atoms with Gasteiger partial charge in [-0.3, -0.25) is 0 Å². The Morgan fingerprint density at radius 1 is 0.862 bits per heavy atom. The summed E-state index contributed by atoms with van der Waals surface area (Å²) in [4.78, 5) is 25.5. The number of benzene rings is 2. The van der Waals surface area contributed by atoms with Crippen molar-refractivity contribution in [2.45, 2.75) is 13.5 Å². The number of urea groups is 2. The Morgan fingerprint density at radius 3 is 1.69 bits per heavy atom. The van der Waals surface area contributed by atoms with Gasteiger partial charge in [-0.05, 0) is 42.3 Å². The maximum atomic E-state index is 11.3. The Kier molecular flexibility index (Phi) is 9.74. The number of rotatable bonds is 3. The Hall–Kier alpha value is -2.48. The van der Waals surface area contributed by atoms with Crippen LogP contribution in [0.5, 0.6) is 0 Å². The molecule has 0 aliphatic heterocycles. The van der Waals surface area contributed by atoms with Gasteiger partial charge in [0.1, 0.15) is 0 Å². The molecule has 0 fully saturated rings. The van der Waals surface area contributed by atoms with Crippen molar-refractivity contribution in [2.24, 2.45) is 5.73 Å². The van der Waals surface area contributed by atoms with Crippen LogP contribution in [0.1, 0.15) is 11.1 Å². The molecule has 0 aliphatic carbocycles. The van der Waals surface area contributed by atoms with Gasteiger partial charge in [-0.1, -0.05) is 35.3 Å². The van der Waals surface area contributed by atoms with Gasteiger partial charge in [0.25, 0.3) is 0 Å². The normalized spacial score (nSPS) is 9.79. The number of nitrogens with one attached hydrogen (secondary N) is 2. The fraction of sp³-hybridized carbons (Fsp3) is 0.300. The summed E-state index contributed by atoms with van der Waals surface area (Å²) < 4.78 is 0. The van der Waals surface area contributed by atoms with Crippen LogP contribution in [0.2, 0.25) is 10.0 Å². The molecule has 7 nitrogen and oxygen atoms in total. The van der Waals surface area contributed by atoms with E-state index in [0.29, 0.717) is 28.0 Å². The summed E-state index contributed by atoms with van der Waals surface area (Å²) in [5, 5.41) is 6.63. The number of halogens is 2. The summed E-state index contributed by atoms with van der Waals surface area (Å²) in [7, 11) is 6.71. The van der Waals surface area contributed by atoms with Crippen molar-refractivity contribution in [3.63, 3.8) is 0 Å². The highest BCUT2D eigenvalue weighted by Gasteiger charge is 2.06. The van der Waals surface area contributed by atoms with Gasteiger partial charge in [-0.25, -0.2) is 9.59 Å². The van der Waals surface area contributed by atoms with Gasteiger partial charge in [0.15, 0.2) is 0 Å². The Labute approximate surface area is 181 Å². The third kappa shape index (κ3) is 8.19. The molecule has 0 atom stereocenters. The molecule has 158 valence electrons. The largest absolute Gasteiger partial charge is 0.331 e. The van der Waals surface area contributed by atoms with Crippen molar-refractivity contribution in [1.29, 1.82) is 0 Å². The maximum Gasteiger partial charge on any atom is 0.321 e. The highest BCUT2D eigenvalue weighted by molar-refractivity contribution is 6.32. The van der Waals surface area contributed by atoms with Gasteiger partial charge >= 0.3 is 12.1 Å². The second kappa shape index (κ2) is 11.5. The fourth-order valence-corrected chi connectivity index (χ4v) is 2.37.